The van der Waals surface area contributed by atoms with Crippen molar-refractivity contribution in [2.24, 2.45) is 0 Å². The largest absolute Gasteiger partial charge is 0.490 e. The summed E-state index contributed by atoms with van der Waals surface area (Å²) in [6.45, 7) is 4.64. The first-order valence-corrected chi connectivity index (χ1v) is 12.5. The lowest BCUT2D eigenvalue weighted by molar-refractivity contribution is -0.140. The van der Waals surface area contributed by atoms with E-state index in [4.69, 9.17) is 9.47 Å². The van der Waals surface area contributed by atoms with Crippen molar-refractivity contribution < 1.29 is 28.7 Å². The normalized spacial score (nSPS) is 13.4. The lowest BCUT2D eigenvalue weighted by atomic mass is 10.2. The number of hydrogen-bond acceptors (Lipinski definition) is 7. The molecule has 2 aromatic rings. The number of ether oxygens (including phenoxy) is 2. The van der Waals surface area contributed by atoms with Crippen LogP contribution in [0.15, 0.2) is 53.4 Å². The summed E-state index contributed by atoms with van der Waals surface area (Å²) in [6.07, 6.45) is 1.55. The van der Waals surface area contributed by atoms with E-state index in [0.29, 0.717) is 41.9 Å². The molecule has 3 rings (SSSR count). The number of hydrogen-bond donors (Lipinski definition) is 1. The average molecular weight is 500 g/mol. The Balaban J connectivity index is 1.63. The molecule has 5 amide bonds. The Morgan fingerprint density at radius 1 is 0.914 bits per heavy atom. The molecule has 1 heterocycles. The minimum Gasteiger partial charge on any atom is -0.490 e. The minimum absolute atomic E-state index is 0.172. The molecule has 0 aromatic heterocycles. The summed E-state index contributed by atoms with van der Waals surface area (Å²) < 4.78 is 11.4. The molecule has 186 valence electrons. The highest BCUT2D eigenvalue weighted by Crippen LogP contribution is 2.34. The molecule has 2 aromatic carbocycles. The SMILES string of the molecule is CCCOc1ccc(N2C(=O)C(=O)N(CC(=O)NCCSc3ccccc3)C2=O)cc1OCCC. The van der Waals surface area contributed by atoms with Crippen LogP contribution in [0.25, 0.3) is 0 Å². The van der Waals surface area contributed by atoms with Crippen LogP contribution >= 0.6 is 11.8 Å². The summed E-state index contributed by atoms with van der Waals surface area (Å²) in [5, 5.41) is 2.68. The molecule has 0 bridgehead atoms. The summed E-state index contributed by atoms with van der Waals surface area (Å²) in [4.78, 5) is 52.8. The number of nitrogens with one attached hydrogen (secondary N) is 1. The van der Waals surface area contributed by atoms with Gasteiger partial charge in [-0.3, -0.25) is 14.4 Å². The standard InChI is InChI=1S/C25H29N3O6S/c1-3-13-33-20-11-10-18(16-21(20)34-14-4-2)28-24(31)23(30)27(25(28)32)17-22(29)26-12-15-35-19-8-6-5-7-9-19/h5-11,16H,3-4,12-15,17H2,1-2H3,(H,26,29). The Bertz CT molecular complexity index is 1060. The second kappa shape index (κ2) is 12.8. The van der Waals surface area contributed by atoms with Crippen molar-refractivity contribution in [2.45, 2.75) is 31.6 Å². The van der Waals surface area contributed by atoms with E-state index in [1.54, 1.807) is 17.8 Å². The molecule has 0 radical (unpaired) electrons. The van der Waals surface area contributed by atoms with Crippen LogP contribution in [-0.2, 0) is 14.4 Å². The Morgan fingerprint density at radius 2 is 1.60 bits per heavy atom. The molecule has 1 aliphatic rings. The zero-order valence-electron chi connectivity index (χ0n) is 19.8. The highest BCUT2D eigenvalue weighted by molar-refractivity contribution is 7.99. The molecule has 10 heteroatoms. The van der Waals surface area contributed by atoms with Crippen LogP contribution in [0.3, 0.4) is 0 Å². The zero-order valence-corrected chi connectivity index (χ0v) is 20.6. The number of anilines is 1. The Kier molecular flexibility index (Phi) is 9.54. The summed E-state index contributed by atoms with van der Waals surface area (Å²) in [6, 6.07) is 13.4. The van der Waals surface area contributed by atoms with Gasteiger partial charge in [-0.2, -0.15) is 0 Å². The molecule has 0 spiro atoms. The van der Waals surface area contributed by atoms with Crippen molar-refractivity contribution in [1.82, 2.24) is 10.2 Å². The molecule has 0 atom stereocenters. The van der Waals surface area contributed by atoms with Gasteiger partial charge in [-0.15, -0.1) is 11.8 Å². The predicted molar refractivity (Wildman–Crippen MR) is 133 cm³/mol. The van der Waals surface area contributed by atoms with Gasteiger partial charge in [-0.1, -0.05) is 32.0 Å². The Hall–Kier alpha value is -3.53. The van der Waals surface area contributed by atoms with Crippen LogP contribution in [0.5, 0.6) is 11.5 Å². The third-order valence-electron chi connectivity index (χ3n) is 4.90. The van der Waals surface area contributed by atoms with Gasteiger partial charge in [-0.25, -0.2) is 14.6 Å². The number of benzene rings is 2. The van der Waals surface area contributed by atoms with Gasteiger partial charge in [0.1, 0.15) is 6.54 Å². The Labute approximate surface area is 208 Å². The van der Waals surface area contributed by atoms with Crippen molar-refractivity contribution in [2.75, 3.05) is 37.0 Å². The van der Waals surface area contributed by atoms with E-state index in [2.05, 4.69) is 5.32 Å². The number of carbonyl (C=O) groups excluding carboxylic acids is 4. The van der Waals surface area contributed by atoms with E-state index in [0.717, 1.165) is 22.6 Å². The molecular formula is C25H29N3O6S. The first-order valence-electron chi connectivity index (χ1n) is 11.5. The number of carbonyl (C=O) groups is 4. The van der Waals surface area contributed by atoms with Gasteiger partial charge in [0.2, 0.25) is 5.91 Å². The van der Waals surface area contributed by atoms with Crippen molar-refractivity contribution in [3.05, 3.63) is 48.5 Å². The third-order valence-corrected chi connectivity index (χ3v) is 5.91. The summed E-state index contributed by atoms with van der Waals surface area (Å²) in [5.41, 5.74) is 0.172. The number of urea groups is 1. The number of imide groups is 2. The second-order valence-electron chi connectivity index (χ2n) is 7.65. The molecule has 0 saturated carbocycles. The molecule has 0 unspecified atom stereocenters. The molecule has 0 aliphatic carbocycles. The molecular weight excluding hydrogens is 470 g/mol. The second-order valence-corrected chi connectivity index (χ2v) is 8.82. The minimum atomic E-state index is -1.05. The lowest BCUT2D eigenvalue weighted by Gasteiger charge is -2.18. The fourth-order valence-electron chi connectivity index (χ4n) is 3.24. The van der Waals surface area contributed by atoms with Crippen LogP contribution in [-0.4, -0.2) is 60.7 Å². The molecule has 9 nitrogen and oxygen atoms in total. The maximum atomic E-state index is 12.9. The number of amides is 5. The lowest BCUT2D eigenvalue weighted by Crippen LogP contribution is -2.42. The first-order chi connectivity index (χ1) is 17.0. The van der Waals surface area contributed by atoms with E-state index in [1.807, 2.05) is 44.2 Å². The zero-order chi connectivity index (χ0) is 25.2. The van der Waals surface area contributed by atoms with Crippen LogP contribution in [0.2, 0.25) is 0 Å². The number of nitrogens with zero attached hydrogens (tertiary/aromatic N) is 2. The van der Waals surface area contributed by atoms with Gasteiger partial charge in [-0.05, 0) is 37.1 Å². The summed E-state index contributed by atoms with van der Waals surface area (Å²) in [7, 11) is 0. The summed E-state index contributed by atoms with van der Waals surface area (Å²) >= 11 is 1.57. The maximum absolute atomic E-state index is 12.9. The van der Waals surface area contributed by atoms with Crippen LogP contribution in [0, 0.1) is 0 Å². The molecule has 35 heavy (non-hydrogen) atoms. The van der Waals surface area contributed by atoms with Crippen molar-refractivity contribution >= 4 is 41.2 Å². The highest BCUT2D eigenvalue weighted by atomic mass is 32.2. The topological polar surface area (TPSA) is 105 Å². The van der Waals surface area contributed by atoms with Gasteiger partial charge in [0.15, 0.2) is 11.5 Å². The van der Waals surface area contributed by atoms with Gasteiger partial charge in [0.25, 0.3) is 0 Å². The fourth-order valence-corrected chi connectivity index (χ4v) is 4.03. The first kappa shape index (κ1) is 26.1. The third kappa shape index (κ3) is 6.75. The van der Waals surface area contributed by atoms with Gasteiger partial charge in [0.05, 0.1) is 18.9 Å². The van der Waals surface area contributed by atoms with Gasteiger partial charge >= 0.3 is 17.8 Å². The molecule has 1 N–H and O–H groups in total. The van der Waals surface area contributed by atoms with Crippen LogP contribution in [0.4, 0.5) is 10.5 Å². The smallest absolute Gasteiger partial charge is 0.339 e. The van der Waals surface area contributed by atoms with E-state index in [9.17, 15) is 19.2 Å². The van der Waals surface area contributed by atoms with E-state index >= 15 is 0 Å². The number of rotatable bonds is 13. The van der Waals surface area contributed by atoms with Gasteiger partial charge < -0.3 is 14.8 Å². The molecule has 1 aliphatic heterocycles. The van der Waals surface area contributed by atoms with E-state index < -0.39 is 30.3 Å². The summed E-state index contributed by atoms with van der Waals surface area (Å²) in [5.74, 6) is -1.12. The van der Waals surface area contributed by atoms with Crippen molar-refractivity contribution in [1.29, 1.82) is 0 Å². The quantitative estimate of drug-likeness (QED) is 0.195. The molecule has 1 saturated heterocycles. The highest BCUT2D eigenvalue weighted by Gasteiger charge is 2.46. The van der Waals surface area contributed by atoms with Gasteiger partial charge in [0, 0.05) is 23.3 Å². The maximum Gasteiger partial charge on any atom is 0.339 e. The Morgan fingerprint density at radius 3 is 2.29 bits per heavy atom. The fraction of sp³-hybridized carbons (Fsp3) is 0.360. The van der Waals surface area contributed by atoms with Crippen LogP contribution < -0.4 is 19.7 Å². The van der Waals surface area contributed by atoms with E-state index in [1.165, 1.54) is 12.1 Å². The van der Waals surface area contributed by atoms with Crippen molar-refractivity contribution in [3.8, 4) is 11.5 Å². The van der Waals surface area contributed by atoms with Crippen molar-refractivity contribution in [3.63, 3.8) is 0 Å². The van der Waals surface area contributed by atoms with Crippen LogP contribution in [0.1, 0.15) is 26.7 Å². The van der Waals surface area contributed by atoms with E-state index in [-0.39, 0.29) is 5.69 Å². The average Bonchev–Trinajstić information content (AvgIpc) is 3.08. The monoisotopic (exact) mass is 499 g/mol. The number of thioether (sulfide) groups is 1. The predicted octanol–water partition coefficient (Wildman–Crippen LogP) is 3.47. The molecule has 1 fully saturated rings.